The fourth-order valence-electron chi connectivity index (χ4n) is 3.01. The molecule has 0 saturated heterocycles. The van der Waals surface area contributed by atoms with Gasteiger partial charge in [0.15, 0.2) is 0 Å². The highest BCUT2D eigenvalue weighted by Crippen LogP contribution is 2.18. The molecule has 5 heteroatoms. The van der Waals surface area contributed by atoms with E-state index in [9.17, 15) is 9.59 Å². The summed E-state index contributed by atoms with van der Waals surface area (Å²) in [5.74, 6) is 0.455. The molecule has 0 spiro atoms. The predicted octanol–water partition coefficient (Wildman–Crippen LogP) is 3.02. The Labute approximate surface area is 161 Å². The van der Waals surface area contributed by atoms with Gasteiger partial charge in [-0.2, -0.15) is 0 Å². The summed E-state index contributed by atoms with van der Waals surface area (Å²) in [5, 5.41) is 2.64. The summed E-state index contributed by atoms with van der Waals surface area (Å²) in [6, 6.07) is 13.1. The van der Waals surface area contributed by atoms with Crippen LogP contribution in [-0.4, -0.2) is 36.9 Å². The molecule has 0 heterocycles. The molecule has 5 nitrogen and oxygen atoms in total. The lowest BCUT2D eigenvalue weighted by Gasteiger charge is -2.29. The van der Waals surface area contributed by atoms with Crippen LogP contribution >= 0.6 is 0 Å². The molecule has 0 saturated carbocycles. The molecule has 1 atom stereocenters. The Hall–Kier alpha value is -2.82. The maximum atomic E-state index is 13.1. The standard InChI is InChI=1S/C22H28N2O3/c1-15-9-10-16(2)19(11-15)13-21(25)24(17(3)22(26)23-4)14-18-7-6-8-20(12-18)27-5/h6-12,17H,13-14H2,1-5H3,(H,23,26)/t17-/m0/s1. The number of carbonyl (C=O) groups excluding carboxylic acids is 2. The SMILES string of the molecule is CNC(=O)[C@H](C)N(Cc1cccc(OC)c1)C(=O)Cc1cc(C)ccc1C. The molecule has 0 unspecified atom stereocenters. The Kier molecular flexibility index (Phi) is 6.99. The van der Waals surface area contributed by atoms with Crippen molar-refractivity contribution in [2.75, 3.05) is 14.2 Å². The van der Waals surface area contributed by atoms with Crippen molar-refractivity contribution in [3.8, 4) is 5.75 Å². The molecule has 2 rings (SSSR count). The Morgan fingerprint density at radius 3 is 2.56 bits per heavy atom. The van der Waals surface area contributed by atoms with Crippen LogP contribution in [0.4, 0.5) is 0 Å². The van der Waals surface area contributed by atoms with Gasteiger partial charge in [-0.25, -0.2) is 0 Å². The average molecular weight is 368 g/mol. The first kappa shape index (κ1) is 20.5. The number of hydrogen-bond donors (Lipinski definition) is 1. The van der Waals surface area contributed by atoms with Gasteiger partial charge < -0.3 is 15.0 Å². The number of amides is 2. The molecule has 27 heavy (non-hydrogen) atoms. The van der Waals surface area contributed by atoms with Crippen LogP contribution in [0.3, 0.4) is 0 Å². The maximum absolute atomic E-state index is 13.1. The van der Waals surface area contributed by atoms with Crippen LogP contribution in [0, 0.1) is 13.8 Å². The lowest BCUT2D eigenvalue weighted by molar-refractivity contribution is -0.139. The normalized spacial score (nSPS) is 11.6. The molecule has 144 valence electrons. The van der Waals surface area contributed by atoms with Gasteiger partial charge in [0.25, 0.3) is 0 Å². The Balaban J connectivity index is 2.29. The highest BCUT2D eigenvalue weighted by atomic mass is 16.5. The summed E-state index contributed by atoms with van der Waals surface area (Å²) < 4.78 is 5.27. The third-order valence-electron chi connectivity index (χ3n) is 4.75. The first-order valence-electron chi connectivity index (χ1n) is 9.05. The van der Waals surface area contributed by atoms with Crippen molar-refractivity contribution in [2.45, 2.75) is 39.8 Å². The van der Waals surface area contributed by atoms with Gasteiger partial charge in [0.05, 0.1) is 13.5 Å². The van der Waals surface area contributed by atoms with Crippen LogP contribution in [0.25, 0.3) is 0 Å². The van der Waals surface area contributed by atoms with Crippen molar-refractivity contribution in [1.29, 1.82) is 0 Å². The lowest BCUT2D eigenvalue weighted by Crippen LogP contribution is -2.47. The third kappa shape index (κ3) is 5.33. The van der Waals surface area contributed by atoms with Crippen LogP contribution in [-0.2, 0) is 22.6 Å². The highest BCUT2D eigenvalue weighted by molar-refractivity contribution is 5.88. The second kappa shape index (κ2) is 9.21. The molecular weight excluding hydrogens is 340 g/mol. The lowest BCUT2D eigenvalue weighted by atomic mass is 10.0. The minimum Gasteiger partial charge on any atom is -0.497 e. The quantitative estimate of drug-likeness (QED) is 0.817. The molecule has 0 aliphatic carbocycles. The Morgan fingerprint density at radius 2 is 1.89 bits per heavy atom. The molecule has 0 aliphatic heterocycles. The molecule has 0 fully saturated rings. The maximum Gasteiger partial charge on any atom is 0.242 e. The van der Waals surface area contributed by atoms with Crippen LogP contribution in [0.1, 0.15) is 29.2 Å². The minimum absolute atomic E-state index is 0.0809. The summed E-state index contributed by atoms with van der Waals surface area (Å²) in [7, 11) is 3.19. The van der Waals surface area contributed by atoms with Gasteiger partial charge in [-0.1, -0.05) is 35.9 Å². The zero-order valence-corrected chi connectivity index (χ0v) is 16.7. The van der Waals surface area contributed by atoms with E-state index >= 15 is 0 Å². The molecule has 2 aromatic rings. The number of rotatable bonds is 7. The summed E-state index contributed by atoms with van der Waals surface area (Å²) in [5.41, 5.74) is 4.09. The van der Waals surface area contributed by atoms with Crippen molar-refractivity contribution in [1.82, 2.24) is 10.2 Å². The van der Waals surface area contributed by atoms with Gasteiger partial charge in [-0.15, -0.1) is 0 Å². The smallest absolute Gasteiger partial charge is 0.242 e. The van der Waals surface area contributed by atoms with E-state index in [1.807, 2.05) is 56.3 Å². The van der Waals surface area contributed by atoms with Crippen LogP contribution < -0.4 is 10.1 Å². The van der Waals surface area contributed by atoms with E-state index in [0.717, 1.165) is 28.0 Å². The number of methoxy groups -OCH3 is 1. The number of benzene rings is 2. The average Bonchev–Trinajstić information content (AvgIpc) is 2.67. The van der Waals surface area contributed by atoms with Gasteiger partial charge in [-0.05, 0) is 49.6 Å². The molecule has 0 radical (unpaired) electrons. The first-order chi connectivity index (χ1) is 12.8. The first-order valence-corrected chi connectivity index (χ1v) is 9.05. The van der Waals surface area contributed by atoms with Crippen LogP contribution in [0.15, 0.2) is 42.5 Å². The molecule has 2 aromatic carbocycles. The molecule has 0 aromatic heterocycles. The number of carbonyl (C=O) groups is 2. The minimum atomic E-state index is -0.571. The van der Waals surface area contributed by atoms with Crippen molar-refractivity contribution < 1.29 is 14.3 Å². The zero-order valence-electron chi connectivity index (χ0n) is 16.7. The van der Waals surface area contributed by atoms with Gasteiger partial charge in [0.2, 0.25) is 11.8 Å². The fourth-order valence-corrected chi connectivity index (χ4v) is 3.01. The Bertz CT molecular complexity index is 817. The van der Waals surface area contributed by atoms with Crippen molar-refractivity contribution in [2.24, 2.45) is 0 Å². The van der Waals surface area contributed by atoms with Crippen molar-refractivity contribution >= 4 is 11.8 Å². The number of aryl methyl sites for hydroxylation is 2. The van der Waals surface area contributed by atoms with Crippen LogP contribution in [0.2, 0.25) is 0 Å². The topological polar surface area (TPSA) is 58.6 Å². The largest absolute Gasteiger partial charge is 0.497 e. The van der Waals surface area contributed by atoms with Gasteiger partial charge in [-0.3, -0.25) is 9.59 Å². The van der Waals surface area contributed by atoms with E-state index in [2.05, 4.69) is 5.32 Å². The van der Waals surface area contributed by atoms with E-state index in [1.54, 1.807) is 26.0 Å². The van der Waals surface area contributed by atoms with E-state index < -0.39 is 6.04 Å². The van der Waals surface area contributed by atoms with Gasteiger partial charge in [0.1, 0.15) is 11.8 Å². The Morgan fingerprint density at radius 1 is 1.15 bits per heavy atom. The van der Waals surface area contributed by atoms with Crippen LogP contribution in [0.5, 0.6) is 5.75 Å². The summed E-state index contributed by atoms with van der Waals surface area (Å²) in [4.78, 5) is 26.9. The third-order valence-corrected chi connectivity index (χ3v) is 4.75. The van der Waals surface area contributed by atoms with Gasteiger partial charge in [0, 0.05) is 13.6 Å². The zero-order chi connectivity index (χ0) is 20.0. The number of hydrogen-bond acceptors (Lipinski definition) is 3. The molecule has 0 bridgehead atoms. The number of likely N-dealkylation sites (N-methyl/N-ethyl adjacent to an activating group) is 1. The monoisotopic (exact) mass is 368 g/mol. The van der Waals surface area contributed by atoms with Crippen molar-refractivity contribution in [3.63, 3.8) is 0 Å². The second-order valence-corrected chi connectivity index (χ2v) is 6.77. The number of nitrogens with one attached hydrogen (secondary N) is 1. The fraction of sp³-hybridized carbons (Fsp3) is 0.364. The summed E-state index contributed by atoms with van der Waals surface area (Å²) >= 11 is 0. The number of nitrogens with zero attached hydrogens (tertiary/aromatic N) is 1. The summed E-state index contributed by atoms with van der Waals surface area (Å²) in [6.07, 6.45) is 0.263. The molecule has 1 N–H and O–H groups in total. The van der Waals surface area contributed by atoms with E-state index in [-0.39, 0.29) is 18.2 Å². The van der Waals surface area contributed by atoms with E-state index in [1.165, 1.54) is 0 Å². The van der Waals surface area contributed by atoms with E-state index in [4.69, 9.17) is 4.74 Å². The molecular formula is C22H28N2O3. The highest BCUT2D eigenvalue weighted by Gasteiger charge is 2.26. The van der Waals surface area contributed by atoms with Gasteiger partial charge >= 0.3 is 0 Å². The van der Waals surface area contributed by atoms with E-state index in [0.29, 0.717) is 6.54 Å². The number of ether oxygens (including phenoxy) is 1. The summed E-state index contributed by atoms with van der Waals surface area (Å²) in [6.45, 7) is 6.10. The molecule has 2 amide bonds. The predicted molar refractivity (Wildman–Crippen MR) is 107 cm³/mol. The van der Waals surface area contributed by atoms with Crippen molar-refractivity contribution in [3.05, 3.63) is 64.7 Å². The molecule has 0 aliphatic rings. The second-order valence-electron chi connectivity index (χ2n) is 6.77.